The Balaban J connectivity index is 1.86. The molecule has 3 rings (SSSR count). The molecule has 3 nitrogen and oxygen atoms in total. The van der Waals surface area contributed by atoms with Gasteiger partial charge in [-0.15, -0.1) is 0 Å². The van der Waals surface area contributed by atoms with Gasteiger partial charge >= 0.3 is 0 Å². The van der Waals surface area contributed by atoms with Gasteiger partial charge in [0.05, 0.1) is 13.2 Å². The third-order valence-electron chi connectivity index (χ3n) is 3.19. The SMILES string of the molecule is O=C1CC(c2ccc3c(c2)OCCCO3)C1. The Kier molecular flexibility index (Phi) is 2.31. The molecular formula is C13H14O3. The van der Waals surface area contributed by atoms with Crippen molar-refractivity contribution in [2.45, 2.75) is 25.2 Å². The zero-order valence-electron chi connectivity index (χ0n) is 9.07. The summed E-state index contributed by atoms with van der Waals surface area (Å²) in [6.45, 7) is 1.42. The molecule has 16 heavy (non-hydrogen) atoms. The Morgan fingerprint density at radius 1 is 1.06 bits per heavy atom. The summed E-state index contributed by atoms with van der Waals surface area (Å²) in [5.74, 6) is 2.41. The minimum atomic E-state index is 0.358. The van der Waals surface area contributed by atoms with Gasteiger partial charge in [-0.1, -0.05) is 6.07 Å². The smallest absolute Gasteiger partial charge is 0.161 e. The van der Waals surface area contributed by atoms with E-state index in [2.05, 4.69) is 0 Å². The molecule has 1 fully saturated rings. The fourth-order valence-electron chi connectivity index (χ4n) is 2.16. The van der Waals surface area contributed by atoms with Crippen molar-refractivity contribution in [2.24, 2.45) is 0 Å². The molecule has 0 amide bonds. The van der Waals surface area contributed by atoms with Gasteiger partial charge in [-0.25, -0.2) is 0 Å². The highest BCUT2D eigenvalue weighted by atomic mass is 16.5. The van der Waals surface area contributed by atoms with Gasteiger partial charge in [-0.2, -0.15) is 0 Å². The maximum Gasteiger partial charge on any atom is 0.161 e. The first-order valence-corrected chi connectivity index (χ1v) is 5.74. The normalized spacial score (nSPS) is 20.1. The van der Waals surface area contributed by atoms with E-state index in [1.807, 2.05) is 18.2 Å². The number of benzene rings is 1. The lowest BCUT2D eigenvalue weighted by Gasteiger charge is -2.25. The number of fused-ring (bicyclic) bond motifs is 1. The van der Waals surface area contributed by atoms with Crippen LogP contribution in [-0.2, 0) is 4.79 Å². The van der Waals surface area contributed by atoms with Crippen LogP contribution in [0.1, 0.15) is 30.7 Å². The number of carbonyl (C=O) groups excluding carboxylic acids is 1. The molecule has 1 aromatic rings. The van der Waals surface area contributed by atoms with Crippen molar-refractivity contribution in [3.63, 3.8) is 0 Å². The van der Waals surface area contributed by atoms with Gasteiger partial charge in [0.15, 0.2) is 11.5 Å². The minimum Gasteiger partial charge on any atom is -0.490 e. The highest BCUT2D eigenvalue weighted by Gasteiger charge is 2.28. The lowest BCUT2D eigenvalue weighted by atomic mass is 9.79. The first kappa shape index (κ1) is 9.70. The highest BCUT2D eigenvalue weighted by molar-refractivity contribution is 5.86. The van der Waals surface area contributed by atoms with Crippen molar-refractivity contribution in [1.29, 1.82) is 0 Å². The molecule has 2 aliphatic rings. The van der Waals surface area contributed by atoms with Crippen LogP contribution < -0.4 is 9.47 Å². The summed E-state index contributed by atoms with van der Waals surface area (Å²) in [5, 5.41) is 0. The van der Waals surface area contributed by atoms with Gasteiger partial charge in [0.1, 0.15) is 5.78 Å². The molecule has 1 aromatic carbocycles. The lowest BCUT2D eigenvalue weighted by molar-refractivity contribution is -0.124. The summed E-state index contributed by atoms with van der Waals surface area (Å²) >= 11 is 0. The van der Waals surface area contributed by atoms with Crippen molar-refractivity contribution in [3.8, 4) is 11.5 Å². The van der Waals surface area contributed by atoms with E-state index in [4.69, 9.17) is 9.47 Å². The van der Waals surface area contributed by atoms with Crippen molar-refractivity contribution >= 4 is 5.78 Å². The van der Waals surface area contributed by atoms with Gasteiger partial charge in [0, 0.05) is 19.3 Å². The average Bonchev–Trinajstić information content (AvgIpc) is 2.48. The van der Waals surface area contributed by atoms with E-state index in [9.17, 15) is 4.79 Å². The zero-order chi connectivity index (χ0) is 11.0. The molecule has 0 aromatic heterocycles. The summed E-state index contributed by atoms with van der Waals surface area (Å²) < 4.78 is 11.2. The number of Topliss-reactive ketones (excluding diaryl/α,β-unsaturated/α-hetero) is 1. The Morgan fingerprint density at radius 3 is 2.56 bits per heavy atom. The van der Waals surface area contributed by atoms with Crippen LogP contribution in [0.3, 0.4) is 0 Å². The monoisotopic (exact) mass is 218 g/mol. The molecule has 0 saturated heterocycles. The summed E-state index contributed by atoms with van der Waals surface area (Å²) in [7, 11) is 0. The molecule has 1 saturated carbocycles. The number of carbonyl (C=O) groups is 1. The topological polar surface area (TPSA) is 35.5 Å². The van der Waals surface area contributed by atoms with Crippen LogP contribution in [0.2, 0.25) is 0 Å². The fourth-order valence-corrected chi connectivity index (χ4v) is 2.16. The van der Waals surface area contributed by atoms with Crippen LogP contribution in [0.5, 0.6) is 11.5 Å². The van der Waals surface area contributed by atoms with E-state index in [1.165, 1.54) is 5.56 Å². The second-order valence-electron chi connectivity index (χ2n) is 4.40. The number of hydrogen-bond donors (Lipinski definition) is 0. The van der Waals surface area contributed by atoms with E-state index in [1.54, 1.807) is 0 Å². The van der Waals surface area contributed by atoms with Crippen molar-refractivity contribution in [2.75, 3.05) is 13.2 Å². The van der Waals surface area contributed by atoms with Crippen LogP contribution in [0.15, 0.2) is 18.2 Å². The first-order valence-electron chi connectivity index (χ1n) is 5.74. The summed E-state index contributed by atoms with van der Waals surface area (Å²) in [5.41, 5.74) is 1.20. The molecule has 0 bridgehead atoms. The number of hydrogen-bond acceptors (Lipinski definition) is 3. The van der Waals surface area contributed by atoms with Gasteiger partial charge in [0.2, 0.25) is 0 Å². The quantitative estimate of drug-likeness (QED) is 0.725. The Labute approximate surface area is 94.4 Å². The maximum atomic E-state index is 11.0. The van der Waals surface area contributed by atoms with Crippen LogP contribution in [0, 0.1) is 0 Å². The van der Waals surface area contributed by atoms with Crippen LogP contribution in [0.25, 0.3) is 0 Å². The molecule has 1 heterocycles. The predicted octanol–water partition coefficient (Wildman–Crippen LogP) is 2.29. The second-order valence-corrected chi connectivity index (χ2v) is 4.40. The standard InChI is InChI=1S/C13H14O3/c14-11-6-10(7-11)9-2-3-12-13(8-9)16-5-1-4-15-12/h2-3,8,10H,1,4-7H2. The molecule has 84 valence electrons. The molecule has 3 heteroatoms. The molecule has 0 spiro atoms. The third-order valence-corrected chi connectivity index (χ3v) is 3.19. The summed E-state index contributed by atoms with van der Waals surface area (Å²) in [6, 6.07) is 6.03. The number of rotatable bonds is 1. The lowest BCUT2D eigenvalue weighted by Crippen LogP contribution is -2.21. The minimum absolute atomic E-state index is 0.358. The zero-order valence-corrected chi connectivity index (χ0v) is 9.07. The molecule has 0 unspecified atom stereocenters. The van der Waals surface area contributed by atoms with Crippen molar-refractivity contribution < 1.29 is 14.3 Å². The predicted molar refractivity (Wildman–Crippen MR) is 59.0 cm³/mol. The second kappa shape index (κ2) is 3.81. The molecule has 1 aliphatic heterocycles. The molecular weight excluding hydrogens is 204 g/mol. The first-order chi connectivity index (χ1) is 7.83. The van der Waals surface area contributed by atoms with Crippen LogP contribution >= 0.6 is 0 Å². The largest absolute Gasteiger partial charge is 0.490 e. The highest BCUT2D eigenvalue weighted by Crippen LogP contribution is 2.38. The van der Waals surface area contributed by atoms with E-state index in [0.717, 1.165) is 17.9 Å². The van der Waals surface area contributed by atoms with Gasteiger partial charge < -0.3 is 9.47 Å². The van der Waals surface area contributed by atoms with Gasteiger partial charge in [0.25, 0.3) is 0 Å². The molecule has 1 aliphatic carbocycles. The van der Waals surface area contributed by atoms with Crippen LogP contribution in [-0.4, -0.2) is 19.0 Å². The fraction of sp³-hybridized carbons (Fsp3) is 0.462. The Hall–Kier alpha value is -1.51. The molecule has 0 N–H and O–H groups in total. The summed E-state index contributed by atoms with van der Waals surface area (Å²) in [4.78, 5) is 11.0. The van der Waals surface area contributed by atoms with E-state index < -0.39 is 0 Å². The van der Waals surface area contributed by atoms with E-state index >= 15 is 0 Å². The van der Waals surface area contributed by atoms with Crippen molar-refractivity contribution in [1.82, 2.24) is 0 Å². The molecule has 0 atom stereocenters. The maximum absolute atomic E-state index is 11.0. The van der Waals surface area contributed by atoms with E-state index in [-0.39, 0.29) is 0 Å². The van der Waals surface area contributed by atoms with Gasteiger partial charge in [-0.05, 0) is 23.6 Å². The van der Waals surface area contributed by atoms with Crippen LogP contribution in [0.4, 0.5) is 0 Å². The average molecular weight is 218 g/mol. The Bertz CT molecular complexity index is 417. The number of ether oxygens (including phenoxy) is 2. The summed E-state index contributed by atoms with van der Waals surface area (Å²) in [6.07, 6.45) is 2.28. The van der Waals surface area contributed by atoms with E-state index in [0.29, 0.717) is 37.8 Å². The van der Waals surface area contributed by atoms with Gasteiger partial charge in [-0.3, -0.25) is 4.79 Å². The molecule has 0 radical (unpaired) electrons. The van der Waals surface area contributed by atoms with Crippen molar-refractivity contribution in [3.05, 3.63) is 23.8 Å². The third kappa shape index (κ3) is 1.66. The Morgan fingerprint density at radius 2 is 1.81 bits per heavy atom. The number of ketones is 1.